The van der Waals surface area contributed by atoms with E-state index < -0.39 is 0 Å². The Bertz CT molecular complexity index is 564. The number of rotatable bonds is 2. The van der Waals surface area contributed by atoms with Crippen LogP contribution in [-0.4, -0.2) is 15.7 Å². The van der Waals surface area contributed by atoms with E-state index in [9.17, 15) is 4.79 Å². The van der Waals surface area contributed by atoms with Crippen LogP contribution >= 0.6 is 15.9 Å². The molecule has 1 aromatic carbocycles. The molecule has 1 amide bonds. The average molecular weight is 295 g/mol. The number of benzene rings is 1. The van der Waals surface area contributed by atoms with Crippen molar-refractivity contribution in [1.82, 2.24) is 9.78 Å². The van der Waals surface area contributed by atoms with Gasteiger partial charge in [0.15, 0.2) is 0 Å². The quantitative estimate of drug-likeness (QED) is 0.832. The summed E-state index contributed by atoms with van der Waals surface area (Å²) in [6, 6.07) is 6.86. The fourth-order valence-corrected chi connectivity index (χ4v) is 1.91. The van der Waals surface area contributed by atoms with Gasteiger partial charge in [0.25, 0.3) is 5.91 Å². The number of aromatic nitrogens is 2. The predicted molar refractivity (Wildman–Crippen MR) is 69.7 cm³/mol. The van der Waals surface area contributed by atoms with Crippen LogP contribution in [0.5, 0.6) is 0 Å². The first-order valence-corrected chi connectivity index (χ1v) is 5.71. The molecule has 6 heteroatoms. The molecule has 17 heavy (non-hydrogen) atoms. The highest BCUT2D eigenvalue weighted by Crippen LogP contribution is 2.24. The molecule has 0 aliphatic carbocycles. The van der Waals surface area contributed by atoms with Gasteiger partial charge in [0, 0.05) is 23.4 Å². The number of carbonyl (C=O) groups is 1. The monoisotopic (exact) mass is 294 g/mol. The molecule has 1 aromatic heterocycles. The van der Waals surface area contributed by atoms with E-state index in [4.69, 9.17) is 5.73 Å². The Hall–Kier alpha value is -1.82. The topological polar surface area (TPSA) is 72.9 Å². The first-order chi connectivity index (χ1) is 8.08. The van der Waals surface area contributed by atoms with Gasteiger partial charge in [-0.15, -0.1) is 0 Å². The molecule has 0 radical (unpaired) electrons. The second-order valence-electron chi connectivity index (χ2n) is 3.53. The van der Waals surface area contributed by atoms with Crippen LogP contribution in [0.3, 0.4) is 0 Å². The van der Waals surface area contributed by atoms with E-state index in [1.165, 1.54) is 4.68 Å². The molecule has 0 aliphatic rings. The molecule has 0 bridgehead atoms. The van der Waals surface area contributed by atoms with E-state index in [1.807, 2.05) is 0 Å². The smallest absolute Gasteiger partial charge is 0.273 e. The summed E-state index contributed by atoms with van der Waals surface area (Å²) >= 11 is 3.34. The van der Waals surface area contributed by atoms with E-state index in [1.54, 1.807) is 37.5 Å². The summed E-state index contributed by atoms with van der Waals surface area (Å²) < 4.78 is 2.26. The van der Waals surface area contributed by atoms with Gasteiger partial charge >= 0.3 is 0 Å². The molecule has 2 aromatic rings. The maximum absolute atomic E-state index is 11.9. The molecule has 0 aliphatic heterocycles. The number of nitrogens with two attached hydrogens (primary N) is 1. The van der Waals surface area contributed by atoms with Gasteiger partial charge in [0.1, 0.15) is 5.69 Å². The summed E-state index contributed by atoms with van der Waals surface area (Å²) in [5.41, 5.74) is 7.42. The molecule has 1 heterocycles. The van der Waals surface area contributed by atoms with Gasteiger partial charge in [-0.05, 0) is 40.2 Å². The summed E-state index contributed by atoms with van der Waals surface area (Å²) in [5.74, 6) is -0.213. The van der Waals surface area contributed by atoms with Gasteiger partial charge in [-0.3, -0.25) is 9.48 Å². The SMILES string of the molecule is Cn1nccc1C(=O)Nc1ccc(N)cc1Br. The Kier molecular flexibility index (Phi) is 3.14. The highest BCUT2D eigenvalue weighted by atomic mass is 79.9. The third-order valence-corrected chi connectivity index (χ3v) is 2.95. The van der Waals surface area contributed by atoms with Crippen molar-refractivity contribution in [3.63, 3.8) is 0 Å². The van der Waals surface area contributed by atoms with E-state index in [0.717, 1.165) is 4.47 Å². The van der Waals surface area contributed by atoms with Gasteiger partial charge in [0.05, 0.1) is 5.69 Å². The number of hydrogen-bond acceptors (Lipinski definition) is 3. The number of hydrogen-bond donors (Lipinski definition) is 2. The highest BCUT2D eigenvalue weighted by molar-refractivity contribution is 9.10. The standard InChI is InChI=1S/C11H11BrN4O/c1-16-10(4-5-14-16)11(17)15-9-3-2-7(13)6-8(9)12/h2-6H,13H2,1H3,(H,15,17). The summed E-state index contributed by atoms with van der Waals surface area (Å²) in [6.45, 7) is 0. The lowest BCUT2D eigenvalue weighted by atomic mass is 10.2. The van der Waals surface area contributed by atoms with Crippen LogP contribution in [0.15, 0.2) is 34.9 Å². The van der Waals surface area contributed by atoms with E-state index in [-0.39, 0.29) is 5.91 Å². The Balaban J connectivity index is 2.22. The van der Waals surface area contributed by atoms with Crippen molar-refractivity contribution in [3.8, 4) is 0 Å². The summed E-state index contributed by atoms with van der Waals surface area (Å²) in [7, 11) is 1.72. The van der Waals surface area contributed by atoms with Crippen molar-refractivity contribution in [2.24, 2.45) is 7.05 Å². The van der Waals surface area contributed by atoms with Gasteiger partial charge in [-0.2, -0.15) is 5.10 Å². The van der Waals surface area contributed by atoms with Gasteiger partial charge in [-0.25, -0.2) is 0 Å². The Morgan fingerprint density at radius 3 is 2.82 bits per heavy atom. The second-order valence-corrected chi connectivity index (χ2v) is 4.39. The molecule has 0 unspecified atom stereocenters. The van der Waals surface area contributed by atoms with Crippen molar-refractivity contribution >= 4 is 33.2 Å². The Labute approximate surface area is 107 Å². The lowest BCUT2D eigenvalue weighted by Crippen LogP contribution is -2.16. The van der Waals surface area contributed by atoms with Crippen molar-refractivity contribution in [2.75, 3.05) is 11.1 Å². The lowest BCUT2D eigenvalue weighted by molar-refractivity contribution is 0.101. The average Bonchev–Trinajstić information content (AvgIpc) is 2.68. The molecule has 2 rings (SSSR count). The van der Waals surface area contributed by atoms with Crippen molar-refractivity contribution in [3.05, 3.63) is 40.6 Å². The Morgan fingerprint density at radius 2 is 2.24 bits per heavy atom. The molecule has 0 saturated carbocycles. The summed E-state index contributed by atoms with van der Waals surface area (Å²) in [4.78, 5) is 11.9. The fourth-order valence-electron chi connectivity index (χ4n) is 1.42. The summed E-state index contributed by atoms with van der Waals surface area (Å²) in [5, 5.41) is 6.72. The van der Waals surface area contributed by atoms with Crippen LogP contribution in [0.1, 0.15) is 10.5 Å². The first kappa shape index (κ1) is 11.7. The zero-order valence-corrected chi connectivity index (χ0v) is 10.7. The van der Waals surface area contributed by atoms with Crippen LogP contribution in [-0.2, 0) is 7.05 Å². The molecule has 0 atom stereocenters. The van der Waals surface area contributed by atoms with Gasteiger partial charge < -0.3 is 11.1 Å². The van der Waals surface area contributed by atoms with Crippen LogP contribution < -0.4 is 11.1 Å². The molecule has 88 valence electrons. The molecule has 0 spiro atoms. The third-order valence-electron chi connectivity index (χ3n) is 2.29. The molecular formula is C11H11BrN4O. The minimum absolute atomic E-state index is 0.213. The van der Waals surface area contributed by atoms with Crippen LogP contribution in [0, 0.1) is 0 Å². The predicted octanol–water partition coefficient (Wildman–Crippen LogP) is 2.02. The van der Waals surface area contributed by atoms with Crippen molar-refractivity contribution < 1.29 is 4.79 Å². The number of halogens is 1. The Morgan fingerprint density at radius 1 is 1.47 bits per heavy atom. The van der Waals surface area contributed by atoms with Crippen LogP contribution in [0.4, 0.5) is 11.4 Å². The molecule has 0 saturated heterocycles. The minimum Gasteiger partial charge on any atom is -0.399 e. The normalized spacial score (nSPS) is 10.2. The number of anilines is 2. The van der Waals surface area contributed by atoms with Crippen LogP contribution in [0.25, 0.3) is 0 Å². The minimum atomic E-state index is -0.213. The van der Waals surface area contributed by atoms with E-state index >= 15 is 0 Å². The third kappa shape index (κ3) is 2.47. The fraction of sp³-hybridized carbons (Fsp3) is 0.0909. The van der Waals surface area contributed by atoms with E-state index in [2.05, 4.69) is 26.3 Å². The molecule has 3 N–H and O–H groups in total. The number of aryl methyl sites for hydroxylation is 1. The number of carbonyl (C=O) groups excluding carboxylic acids is 1. The maximum Gasteiger partial charge on any atom is 0.273 e. The lowest BCUT2D eigenvalue weighted by Gasteiger charge is -2.08. The number of amides is 1. The zero-order valence-electron chi connectivity index (χ0n) is 9.14. The van der Waals surface area contributed by atoms with Crippen molar-refractivity contribution in [1.29, 1.82) is 0 Å². The first-order valence-electron chi connectivity index (χ1n) is 4.92. The largest absolute Gasteiger partial charge is 0.399 e. The van der Waals surface area contributed by atoms with Gasteiger partial charge in [-0.1, -0.05) is 0 Å². The maximum atomic E-state index is 11.9. The van der Waals surface area contributed by atoms with Crippen LogP contribution in [0.2, 0.25) is 0 Å². The second kappa shape index (κ2) is 4.58. The molecule has 0 fully saturated rings. The van der Waals surface area contributed by atoms with Gasteiger partial charge in [0.2, 0.25) is 0 Å². The molecule has 5 nitrogen and oxygen atoms in total. The zero-order chi connectivity index (χ0) is 12.4. The molecular weight excluding hydrogens is 284 g/mol. The number of nitrogens with one attached hydrogen (secondary N) is 1. The highest BCUT2D eigenvalue weighted by Gasteiger charge is 2.11. The summed E-state index contributed by atoms with van der Waals surface area (Å²) in [6.07, 6.45) is 1.58. The number of nitrogen functional groups attached to an aromatic ring is 1. The number of nitrogens with zero attached hydrogens (tertiary/aromatic N) is 2. The van der Waals surface area contributed by atoms with E-state index in [0.29, 0.717) is 17.1 Å². The van der Waals surface area contributed by atoms with Crippen molar-refractivity contribution in [2.45, 2.75) is 0 Å².